The number of aliphatic hydroxyl groups is 1. The summed E-state index contributed by atoms with van der Waals surface area (Å²) in [4.78, 5) is 11.2. The summed E-state index contributed by atoms with van der Waals surface area (Å²) in [6.45, 7) is 0.383. The van der Waals surface area contributed by atoms with Crippen molar-refractivity contribution >= 4 is 5.97 Å². The van der Waals surface area contributed by atoms with Crippen LogP contribution >= 0.6 is 0 Å². The normalized spacial score (nSPS) is 20.8. The van der Waals surface area contributed by atoms with Crippen molar-refractivity contribution in [3.05, 3.63) is 35.9 Å². The van der Waals surface area contributed by atoms with Gasteiger partial charge in [0.2, 0.25) is 0 Å². The van der Waals surface area contributed by atoms with Crippen molar-refractivity contribution in [2.45, 2.75) is 12.5 Å². The number of aliphatic hydroxyl groups excluding tert-OH is 1. The van der Waals surface area contributed by atoms with Gasteiger partial charge in [-0.2, -0.15) is 0 Å². The fraction of sp³-hybridized carbons (Fsp3) is 0.308. The van der Waals surface area contributed by atoms with E-state index < -0.39 is 12.0 Å². The third-order valence-electron chi connectivity index (χ3n) is 2.50. The zero-order chi connectivity index (χ0) is 11.4. The summed E-state index contributed by atoms with van der Waals surface area (Å²) < 4.78 is 4.77. The van der Waals surface area contributed by atoms with E-state index in [0.717, 1.165) is 5.56 Å². The highest BCUT2D eigenvalue weighted by Gasteiger charge is 2.32. The Hall–Kier alpha value is -1.79. The molecule has 0 aromatic heterocycles. The second-order valence-corrected chi connectivity index (χ2v) is 3.64. The Morgan fingerprint density at radius 2 is 2.12 bits per heavy atom. The minimum Gasteiger partial charge on any atom is -0.465 e. The number of cyclic esters (lactones) is 1. The monoisotopic (exact) mass is 216 g/mol. The molecule has 1 aromatic rings. The molecule has 0 bridgehead atoms. The van der Waals surface area contributed by atoms with Gasteiger partial charge in [0, 0.05) is 5.56 Å². The van der Waals surface area contributed by atoms with E-state index in [9.17, 15) is 9.90 Å². The van der Waals surface area contributed by atoms with E-state index in [1.54, 1.807) is 0 Å². The van der Waals surface area contributed by atoms with Crippen LogP contribution in [0.4, 0.5) is 0 Å². The molecule has 1 N–H and O–H groups in total. The summed E-state index contributed by atoms with van der Waals surface area (Å²) in [6.07, 6.45) is -0.390. The maximum absolute atomic E-state index is 11.2. The Bertz CT molecular complexity index is 427. The lowest BCUT2D eigenvalue weighted by Crippen LogP contribution is -2.22. The lowest BCUT2D eigenvalue weighted by molar-refractivity contribution is -0.143. The minimum absolute atomic E-state index is 0.352. The molecule has 0 saturated carbocycles. The molecule has 2 rings (SSSR count). The van der Waals surface area contributed by atoms with Crippen LogP contribution in [0, 0.1) is 17.8 Å². The van der Waals surface area contributed by atoms with Gasteiger partial charge in [0.15, 0.2) is 0 Å². The number of hydrogen-bond donors (Lipinski definition) is 1. The van der Waals surface area contributed by atoms with Crippen molar-refractivity contribution < 1.29 is 14.6 Å². The van der Waals surface area contributed by atoms with Crippen LogP contribution in [0.5, 0.6) is 0 Å². The first-order valence-corrected chi connectivity index (χ1v) is 5.18. The van der Waals surface area contributed by atoms with Gasteiger partial charge in [0.25, 0.3) is 0 Å². The summed E-state index contributed by atoms with van der Waals surface area (Å²) in [6, 6.07) is 9.36. The molecule has 3 nitrogen and oxygen atoms in total. The van der Waals surface area contributed by atoms with Crippen LogP contribution in [0.2, 0.25) is 0 Å². The molecule has 3 heteroatoms. The van der Waals surface area contributed by atoms with Gasteiger partial charge in [-0.1, -0.05) is 30.0 Å². The Balaban J connectivity index is 2.05. The highest BCUT2D eigenvalue weighted by molar-refractivity contribution is 5.75. The number of benzene rings is 1. The molecule has 1 aromatic carbocycles. The summed E-state index contributed by atoms with van der Waals surface area (Å²) in [5.74, 6) is 4.67. The topological polar surface area (TPSA) is 46.5 Å². The second kappa shape index (κ2) is 4.82. The van der Waals surface area contributed by atoms with E-state index in [1.807, 2.05) is 30.3 Å². The predicted octanol–water partition coefficient (Wildman–Crippen LogP) is 0.962. The second-order valence-electron chi connectivity index (χ2n) is 3.64. The molecule has 0 aliphatic carbocycles. The first kappa shape index (κ1) is 10.7. The van der Waals surface area contributed by atoms with Crippen molar-refractivity contribution in [3.8, 4) is 11.8 Å². The molecule has 0 unspecified atom stereocenters. The van der Waals surface area contributed by atoms with Crippen molar-refractivity contribution in [2.24, 2.45) is 5.92 Å². The highest BCUT2D eigenvalue weighted by Crippen LogP contribution is 2.17. The van der Waals surface area contributed by atoms with Gasteiger partial charge in [-0.15, -0.1) is 0 Å². The third kappa shape index (κ3) is 2.41. The van der Waals surface area contributed by atoms with E-state index in [0.29, 0.717) is 13.0 Å². The van der Waals surface area contributed by atoms with Crippen LogP contribution in [0.25, 0.3) is 0 Å². The number of esters is 1. The quantitative estimate of drug-likeness (QED) is 0.562. The molecule has 0 spiro atoms. The number of carbonyl (C=O) groups excluding carboxylic acids is 1. The maximum Gasteiger partial charge on any atom is 0.312 e. The number of hydrogen-bond acceptors (Lipinski definition) is 3. The third-order valence-corrected chi connectivity index (χ3v) is 2.50. The van der Waals surface area contributed by atoms with Crippen LogP contribution in [0.1, 0.15) is 12.0 Å². The van der Waals surface area contributed by atoms with Crippen LogP contribution in [-0.4, -0.2) is 23.8 Å². The first-order valence-electron chi connectivity index (χ1n) is 5.18. The van der Waals surface area contributed by atoms with Gasteiger partial charge in [0.1, 0.15) is 6.10 Å². The molecule has 0 radical (unpaired) electrons. The smallest absolute Gasteiger partial charge is 0.312 e. The molecule has 1 fully saturated rings. The number of carbonyl (C=O) groups is 1. The summed E-state index contributed by atoms with van der Waals surface area (Å²) in [7, 11) is 0. The van der Waals surface area contributed by atoms with Crippen molar-refractivity contribution in [3.63, 3.8) is 0 Å². The van der Waals surface area contributed by atoms with Gasteiger partial charge < -0.3 is 9.84 Å². The van der Waals surface area contributed by atoms with E-state index in [4.69, 9.17) is 4.74 Å². The molecule has 1 aliphatic heterocycles. The summed E-state index contributed by atoms with van der Waals surface area (Å²) >= 11 is 0. The van der Waals surface area contributed by atoms with E-state index >= 15 is 0 Å². The molecule has 2 atom stereocenters. The van der Waals surface area contributed by atoms with Crippen LogP contribution in [0.3, 0.4) is 0 Å². The molecular formula is C13H12O3. The largest absolute Gasteiger partial charge is 0.465 e. The maximum atomic E-state index is 11.2. The van der Waals surface area contributed by atoms with Gasteiger partial charge in [-0.3, -0.25) is 4.79 Å². The van der Waals surface area contributed by atoms with Crippen molar-refractivity contribution in [1.82, 2.24) is 0 Å². The minimum atomic E-state index is -0.935. The molecular weight excluding hydrogens is 204 g/mol. The average Bonchev–Trinajstić information content (AvgIpc) is 2.74. The predicted molar refractivity (Wildman–Crippen MR) is 58.4 cm³/mol. The van der Waals surface area contributed by atoms with Crippen LogP contribution in [0.15, 0.2) is 30.3 Å². The molecule has 0 amide bonds. The van der Waals surface area contributed by atoms with Crippen LogP contribution < -0.4 is 0 Å². The van der Waals surface area contributed by atoms with E-state index in [1.165, 1.54) is 0 Å². The fourth-order valence-electron chi connectivity index (χ4n) is 1.58. The Kier molecular flexibility index (Phi) is 3.23. The lowest BCUT2D eigenvalue weighted by Gasteiger charge is -2.06. The van der Waals surface area contributed by atoms with Crippen molar-refractivity contribution in [2.75, 3.05) is 6.61 Å². The van der Waals surface area contributed by atoms with Crippen molar-refractivity contribution in [1.29, 1.82) is 0 Å². The van der Waals surface area contributed by atoms with E-state index in [-0.39, 0.29) is 5.97 Å². The standard InChI is InChI=1S/C13H12O3/c14-12(11-8-9-16-13(11)15)7-6-10-4-2-1-3-5-10/h1-5,11-12,14H,8-9H2/t11-,12+/m1/s1. The molecule has 1 saturated heterocycles. The molecule has 1 aliphatic rings. The zero-order valence-electron chi connectivity index (χ0n) is 8.72. The Labute approximate surface area is 94.0 Å². The molecule has 16 heavy (non-hydrogen) atoms. The number of rotatable bonds is 1. The first-order chi connectivity index (χ1) is 7.77. The van der Waals surface area contributed by atoms with Gasteiger partial charge in [0.05, 0.1) is 12.5 Å². The summed E-state index contributed by atoms with van der Waals surface area (Å²) in [5, 5.41) is 9.71. The van der Waals surface area contributed by atoms with Gasteiger partial charge >= 0.3 is 5.97 Å². The summed E-state index contributed by atoms with van der Waals surface area (Å²) in [5.41, 5.74) is 0.827. The van der Waals surface area contributed by atoms with E-state index in [2.05, 4.69) is 11.8 Å². The average molecular weight is 216 g/mol. The highest BCUT2D eigenvalue weighted by atomic mass is 16.5. The Morgan fingerprint density at radius 1 is 1.38 bits per heavy atom. The Morgan fingerprint density at radius 3 is 2.75 bits per heavy atom. The van der Waals surface area contributed by atoms with Gasteiger partial charge in [-0.25, -0.2) is 0 Å². The van der Waals surface area contributed by atoms with Crippen LogP contribution in [-0.2, 0) is 9.53 Å². The number of ether oxygens (including phenoxy) is 1. The fourth-order valence-corrected chi connectivity index (χ4v) is 1.58. The van der Waals surface area contributed by atoms with Gasteiger partial charge in [-0.05, 0) is 18.6 Å². The molecule has 82 valence electrons. The molecule has 1 heterocycles. The lowest BCUT2D eigenvalue weighted by atomic mass is 10.0. The SMILES string of the molecule is O=C1OCC[C@@H]1[C@@H](O)C#Cc1ccccc1. The zero-order valence-corrected chi connectivity index (χ0v) is 8.72.